The lowest BCUT2D eigenvalue weighted by atomic mass is 10.1. The number of likely N-dealkylation sites (tertiary alicyclic amines) is 1. The van der Waals surface area contributed by atoms with Gasteiger partial charge < -0.3 is 24.4 Å². The maximum Gasteiger partial charge on any atom is 0.240 e. The lowest BCUT2D eigenvalue weighted by Gasteiger charge is -2.30. The van der Waals surface area contributed by atoms with Crippen molar-refractivity contribution in [3.63, 3.8) is 0 Å². The van der Waals surface area contributed by atoms with Crippen molar-refractivity contribution in [2.75, 3.05) is 38.7 Å². The molecule has 1 fully saturated rings. The van der Waals surface area contributed by atoms with Gasteiger partial charge in [-0.15, -0.1) is 5.10 Å². The van der Waals surface area contributed by atoms with E-state index in [1.807, 2.05) is 24.7 Å². The van der Waals surface area contributed by atoms with Gasteiger partial charge in [-0.2, -0.15) is 5.10 Å². The minimum absolute atomic E-state index is 0.137. The van der Waals surface area contributed by atoms with Gasteiger partial charge in [0.05, 0.1) is 37.6 Å². The second-order valence-corrected chi connectivity index (χ2v) is 10.2. The van der Waals surface area contributed by atoms with Crippen LogP contribution in [-0.4, -0.2) is 78.9 Å². The Labute approximate surface area is 233 Å². The first kappa shape index (κ1) is 26.1. The molecule has 0 spiro atoms. The number of rotatable bonds is 4. The fraction of sp³-hybridized carbons (Fsp3) is 0.464. The van der Waals surface area contributed by atoms with Crippen molar-refractivity contribution < 1.29 is 14.2 Å². The summed E-state index contributed by atoms with van der Waals surface area (Å²) in [4.78, 5) is 16.3. The molecular weight excluding hydrogens is 510 g/mol. The maximum absolute atomic E-state index is 6.51. The number of anilines is 2. The minimum atomic E-state index is -0.137. The second kappa shape index (κ2) is 11.1. The molecule has 4 aromatic rings. The van der Waals surface area contributed by atoms with E-state index in [0.29, 0.717) is 54.0 Å². The number of aryl methyl sites for hydroxylation is 1. The van der Waals surface area contributed by atoms with Crippen LogP contribution in [0.25, 0.3) is 22.5 Å². The van der Waals surface area contributed by atoms with Crippen LogP contribution >= 0.6 is 0 Å². The van der Waals surface area contributed by atoms with Crippen molar-refractivity contribution >= 4 is 11.6 Å². The van der Waals surface area contributed by atoms with E-state index in [1.54, 1.807) is 36.4 Å². The van der Waals surface area contributed by atoms with Crippen molar-refractivity contribution in [2.45, 2.75) is 45.3 Å². The third kappa shape index (κ3) is 5.18. The summed E-state index contributed by atoms with van der Waals surface area (Å²) in [5.41, 5.74) is 2.39. The highest BCUT2D eigenvalue weighted by molar-refractivity contribution is 5.75. The zero-order valence-electron chi connectivity index (χ0n) is 23.4. The molecule has 4 bridgehead atoms. The number of nitrogens with zero attached hydrogens (tertiary/aromatic N) is 8. The SMILES string of the molecule is CCN1CCC(n2cc(-c3cnc4cc3O[C@@H](C)CCOc3c(cnn3C)-c3nccc(n3)N4)c(OC)n2)CC1. The summed E-state index contributed by atoms with van der Waals surface area (Å²) in [6, 6.07) is 4.02. The molecular formula is C28H35N9O3. The predicted molar refractivity (Wildman–Crippen MR) is 150 cm³/mol. The molecule has 1 saturated heterocycles. The highest BCUT2D eigenvalue weighted by Crippen LogP contribution is 2.39. The van der Waals surface area contributed by atoms with Gasteiger partial charge in [0.2, 0.25) is 11.8 Å². The largest absolute Gasteiger partial charge is 0.490 e. The summed E-state index contributed by atoms with van der Waals surface area (Å²) in [5.74, 6) is 3.57. The molecule has 0 amide bonds. The van der Waals surface area contributed by atoms with Gasteiger partial charge in [-0.1, -0.05) is 6.92 Å². The Morgan fingerprint density at radius 2 is 1.93 bits per heavy atom. The first-order valence-electron chi connectivity index (χ1n) is 13.8. The number of ether oxygens (including phenoxy) is 3. The maximum atomic E-state index is 6.51. The summed E-state index contributed by atoms with van der Waals surface area (Å²) in [7, 11) is 3.49. The van der Waals surface area contributed by atoms with Crippen LogP contribution in [0, 0.1) is 0 Å². The summed E-state index contributed by atoms with van der Waals surface area (Å²) >= 11 is 0. The molecule has 0 saturated carbocycles. The van der Waals surface area contributed by atoms with Crippen LogP contribution in [0.5, 0.6) is 17.5 Å². The number of fused-ring (bicyclic) bond motifs is 6. The Hall–Kier alpha value is -4.19. The standard InChI is InChI=1S/C28H35N9O3/c1-5-36-11-7-19(8-12-36)37-17-22(27(34-37)38-4)20-15-30-25-14-23(20)40-18(2)9-13-39-28-21(16-31-35(28)3)26-29-10-6-24(32-25)33-26/h6,10,14-19H,5,7-9,11-13H2,1-4H3,(H,29,30,32,33)/t18-/m0/s1. The molecule has 0 unspecified atom stereocenters. The Bertz CT molecular complexity index is 1480. The third-order valence-electron chi connectivity index (χ3n) is 7.55. The summed E-state index contributed by atoms with van der Waals surface area (Å²) in [5, 5.41) is 12.5. The number of methoxy groups -OCH3 is 1. The Balaban J connectivity index is 1.35. The molecule has 6 rings (SSSR count). The second-order valence-electron chi connectivity index (χ2n) is 10.2. The molecule has 1 atom stereocenters. The number of pyridine rings is 1. The number of nitrogens with one attached hydrogen (secondary N) is 1. The molecule has 0 aliphatic carbocycles. The van der Waals surface area contributed by atoms with E-state index in [1.165, 1.54) is 0 Å². The van der Waals surface area contributed by atoms with Gasteiger partial charge in [-0.05, 0) is 32.4 Å². The Morgan fingerprint density at radius 1 is 1.07 bits per heavy atom. The highest BCUT2D eigenvalue weighted by Gasteiger charge is 2.25. The molecule has 0 radical (unpaired) electrons. The molecule has 0 aromatic carbocycles. The first-order chi connectivity index (χ1) is 19.5. The predicted octanol–water partition coefficient (Wildman–Crippen LogP) is 4.09. The van der Waals surface area contributed by atoms with Gasteiger partial charge >= 0.3 is 0 Å². The third-order valence-corrected chi connectivity index (χ3v) is 7.55. The Morgan fingerprint density at radius 3 is 2.73 bits per heavy atom. The minimum Gasteiger partial charge on any atom is -0.490 e. The van der Waals surface area contributed by atoms with Crippen LogP contribution < -0.4 is 19.5 Å². The van der Waals surface area contributed by atoms with Crippen LogP contribution in [0.3, 0.4) is 0 Å². The van der Waals surface area contributed by atoms with E-state index in [0.717, 1.165) is 49.2 Å². The van der Waals surface area contributed by atoms with Crippen molar-refractivity contribution in [3.8, 4) is 40.0 Å². The van der Waals surface area contributed by atoms with Gasteiger partial charge in [0.25, 0.3) is 0 Å². The smallest absolute Gasteiger partial charge is 0.240 e. The van der Waals surface area contributed by atoms with Crippen LogP contribution in [0.2, 0.25) is 0 Å². The normalized spacial score (nSPS) is 18.1. The fourth-order valence-electron chi connectivity index (χ4n) is 5.24. The molecule has 40 heavy (non-hydrogen) atoms. The quantitative estimate of drug-likeness (QED) is 0.402. The average molecular weight is 546 g/mol. The average Bonchev–Trinajstić information content (AvgIpc) is 3.56. The van der Waals surface area contributed by atoms with Gasteiger partial charge in [0.15, 0.2) is 5.82 Å². The highest BCUT2D eigenvalue weighted by atomic mass is 16.5. The molecule has 12 heteroatoms. The van der Waals surface area contributed by atoms with Gasteiger partial charge in [-0.25, -0.2) is 19.6 Å². The van der Waals surface area contributed by atoms with Crippen LogP contribution in [-0.2, 0) is 7.05 Å². The van der Waals surface area contributed by atoms with Gasteiger partial charge in [-0.3, -0.25) is 4.68 Å². The number of aromatic nitrogens is 7. The van der Waals surface area contributed by atoms with E-state index in [9.17, 15) is 0 Å². The lowest BCUT2D eigenvalue weighted by Crippen LogP contribution is -2.34. The molecule has 1 N–H and O–H groups in total. The molecule has 12 nitrogen and oxygen atoms in total. The lowest BCUT2D eigenvalue weighted by molar-refractivity contribution is 0.173. The van der Waals surface area contributed by atoms with E-state index in [-0.39, 0.29) is 6.10 Å². The number of hydrogen-bond donors (Lipinski definition) is 1. The summed E-state index contributed by atoms with van der Waals surface area (Å²) < 4.78 is 22.1. The molecule has 6 heterocycles. The summed E-state index contributed by atoms with van der Waals surface area (Å²) in [6.45, 7) is 7.90. The number of piperidine rings is 1. The summed E-state index contributed by atoms with van der Waals surface area (Å²) in [6.07, 6.45) is 9.91. The van der Waals surface area contributed by atoms with E-state index >= 15 is 0 Å². The van der Waals surface area contributed by atoms with Crippen molar-refractivity contribution in [1.29, 1.82) is 0 Å². The zero-order valence-corrected chi connectivity index (χ0v) is 23.4. The van der Waals surface area contributed by atoms with Crippen LogP contribution in [0.15, 0.2) is 36.9 Å². The Kier molecular flexibility index (Phi) is 7.25. The fourth-order valence-corrected chi connectivity index (χ4v) is 5.24. The molecule has 4 aromatic heterocycles. The van der Waals surface area contributed by atoms with Gasteiger partial charge in [0, 0.05) is 56.8 Å². The first-order valence-corrected chi connectivity index (χ1v) is 13.8. The van der Waals surface area contributed by atoms with E-state index in [2.05, 4.69) is 38.4 Å². The van der Waals surface area contributed by atoms with Gasteiger partial charge in [0.1, 0.15) is 22.9 Å². The van der Waals surface area contributed by atoms with Crippen molar-refractivity contribution in [1.82, 2.24) is 39.4 Å². The van der Waals surface area contributed by atoms with Crippen LogP contribution in [0.1, 0.15) is 39.2 Å². The van der Waals surface area contributed by atoms with Crippen LogP contribution in [0.4, 0.5) is 11.6 Å². The molecule has 2 aliphatic heterocycles. The van der Waals surface area contributed by atoms with E-state index < -0.39 is 0 Å². The van der Waals surface area contributed by atoms with E-state index in [4.69, 9.17) is 24.3 Å². The molecule has 2 aliphatic rings. The topological polar surface area (TPSA) is 117 Å². The van der Waals surface area contributed by atoms with Crippen molar-refractivity contribution in [3.05, 3.63) is 36.9 Å². The number of hydrogen-bond acceptors (Lipinski definition) is 10. The molecule has 210 valence electrons. The van der Waals surface area contributed by atoms with Crippen molar-refractivity contribution in [2.24, 2.45) is 7.05 Å². The monoisotopic (exact) mass is 545 g/mol. The zero-order chi connectivity index (χ0) is 27.6.